The standard InChI is InChI=1S/C12H18N2O6/c13-12(20)9-6(2-1-3-14-9)4-7(16)10(18)11(19)8(17)5-15/h1-3,7-8,10-11,15-19H,4-5H2,(H2,13,20)/t7-,8+,10+,11+/m0/s1. The summed E-state index contributed by atoms with van der Waals surface area (Å²) < 4.78 is 0. The number of carbonyl (C=O) groups excluding carboxylic acids is 1. The number of amides is 1. The van der Waals surface area contributed by atoms with Gasteiger partial charge in [0.05, 0.1) is 12.7 Å². The lowest BCUT2D eigenvalue weighted by molar-refractivity contribution is -0.114. The summed E-state index contributed by atoms with van der Waals surface area (Å²) in [5.41, 5.74) is 5.39. The van der Waals surface area contributed by atoms with Gasteiger partial charge < -0.3 is 31.3 Å². The van der Waals surface area contributed by atoms with Crippen LogP contribution in [0.1, 0.15) is 16.1 Å². The molecule has 8 heteroatoms. The van der Waals surface area contributed by atoms with Crippen molar-refractivity contribution in [2.24, 2.45) is 5.73 Å². The summed E-state index contributed by atoms with van der Waals surface area (Å²) in [5, 5.41) is 46.8. The maximum absolute atomic E-state index is 11.2. The highest BCUT2D eigenvalue weighted by Crippen LogP contribution is 2.13. The highest BCUT2D eigenvalue weighted by atomic mass is 16.4. The molecule has 1 heterocycles. The topological polar surface area (TPSA) is 157 Å². The van der Waals surface area contributed by atoms with Gasteiger partial charge >= 0.3 is 0 Å². The Kier molecular flexibility index (Phi) is 5.99. The minimum Gasteiger partial charge on any atom is -0.394 e. The van der Waals surface area contributed by atoms with Gasteiger partial charge in [-0.3, -0.25) is 9.78 Å². The second-order valence-electron chi connectivity index (χ2n) is 4.38. The summed E-state index contributed by atoms with van der Waals surface area (Å²) in [6, 6.07) is 3.03. The summed E-state index contributed by atoms with van der Waals surface area (Å²) in [4.78, 5) is 14.9. The van der Waals surface area contributed by atoms with Gasteiger partial charge in [0.25, 0.3) is 5.91 Å². The highest BCUT2D eigenvalue weighted by Gasteiger charge is 2.30. The number of nitrogens with two attached hydrogens (primary N) is 1. The fourth-order valence-electron chi connectivity index (χ4n) is 1.73. The van der Waals surface area contributed by atoms with Crippen LogP contribution in [0.4, 0.5) is 0 Å². The molecule has 1 amide bonds. The van der Waals surface area contributed by atoms with Crippen LogP contribution in [0.25, 0.3) is 0 Å². The maximum atomic E-state index is 11.2. The second kappa shape index (κ2) is 7.27. The monoisotopic (exact) mass is 286 g/mol. The lowest BCUT2D eigenvalue weighted by atomic mass is 9.97. The molecule has 1 aromatic rings. The van der Waals surface area contributed by atoms with E-state index < -0.39 is 36.9 Å². The van der Waals surface area contributed by atoms with Crippen LogP contribution in [0.3, 0.4) is 0 Å². The van der Waals surface area contributed by atoms with Crippen LogP contribution in [-0.4, -0.2) is 67.4 Å². The normalized spacial score (nSPS) is 17.2. The molecule has 0 fully saturated rings. The molecule has 4 atom stereocenters. The quantitative estimate of drug-likeness (QED) is 0.315. The van der Waals surface area contributed by atoms with E-state index in [0.29, 0.717) is 5.56 Å². The average molecular weight is 286 g/mol. The van der Waals surface area contributed by atoms with E-state index >= 15 is 0 Å². The van der Waals surface area contributed by atoms with Gasteiger partial charge in [-0.1, -0.05) is 6.07 Å². The summed E-state index contributed by atoms with van der Waals surface area (Å²) in [6.45, 7) is -0.760. The van der Waals surface area contributed by atoms with Crippen molar-refractivity contribution in [3.8, 4) is 0 Å². The van der Waals surface area contributed by atoms with E-state index in [4.69, 9.17) is 10.8 Å². The zero-order chi connectivity index (χ0) is 15.3. The largest absolute Gasteiger partial charge is 0.394 e. The molecule has 0 aliphatic heterocycles. The van der Waals surface area contributed by atoms with Crippen molar-refractivity contribution in [1.82, 2.24) is 4.98 Å². The fourth-order valence-corrected chi connectivity index (χ4v) is 1.73. The lowest BCUT2D eigenvalue weighted by Crippen LogP contribution is -2.46. The predicted octanol–water partition coefficient (Wildman–Crippen LogP) is -2.84. The molecule has 0 bridgehead atoms. The number of nitrogens with zero attached hydrogens (tertiary/aromatic N) is 1. The Morgan fingerprint density at radius 3 is 2.35 bits per heavy atom. The molecule has 0 aliphatic rings. The molecule has 0 radical (unpaired) electrons. The Morgan fingerprint density at radius 1 is 1.20 bits per heavy atom. The molecular formula is C12H18N2O6. The van der Waals surface area contributed by atoms with Crippen molar-refractivity contribution in [3.05, 3.63) is 29.6 Å². The smallest absolute Gasteiger partial charge is 0.267 e. The molecule has 7 N–H and O–H groups in total. The zero-order valence-corrected chi connectivity index (χ0v) is 10.6. The summed E-state index contributed by atoms with van der Waals surface area (Å²) in [7, 11) is 0. The molecule has 0 aromatic carbocycles. The summed E-state index contributed by atoms with van der Waals surface area (Å²) >= 11 is 0. The van der Waals surface area contributed by atoms with Crippen molar-refractivity contribution in [2.75, 3.05) is 6.61 Å². The fraction of sp³-hybridized carbons (Fsp3) is 0.500. The molecule has 0 aliphatic carbocycles. The highest BCUT2D eigenvalue weighted by molar-refractivity contribution is 5.92. The first kappa shape index (κ1) is 16.5. The molecule has 112 valence electrons. The van der Waals surface area contributed by atoms with Gasteiger partial charge in [0.1, 0.15) is 24.0 Å². The summed E-state index contributed by atoms with van der Waals surface area (Å²) in [6.07, 6.45) is -5.29. The number of aromatic nitrogens is 1. The Balaban J connectivity index is 2.80. The predicted molar refractivity (Wildman–Crippen MR) is 67.6 cm³/mol. The molecule has 0 unspecified atom stereocenters. The number of hydrogen-bond donors (Lipinski definition) is 6. The number of primary amides is 1. The third kappa shape index (κ3) is 3.95. The molecule has 0 spiro atoms. The van der Waals surface area contributed by atoms with Gasteiger partial charge in [-0.2, -0.15) is 0 Å². The van der Waals surface area contributed by atoms with E-state index in [9.17, 15) is 25.2 Å². The minimum atomic E-state index is -1.72. The Labute approximate surface area is 115 Å². The molecule has 0 saturated heterocycles. The number of hydrogen-bond acceptors (Lipinski definition) is 7. The number of rotatable bonds is 7. The van der Waals surface area contributed by atoms with Gasteiger partial charge in [0, 0.05) is 12.6 Å². The Bertz CT molecular complexity index is 455. The lowest BCUT2D eigenvalue weighted by Gasteiger charge is -2.25. The second-order valence-corrected chi connectivity index (χ2v) is 4.38. The van der Waals surface area contributed by atoms with Gasteiger partial charge in [0.15, 0.2) is 0 Å². The van der Waals surface area contributed by atoms with Gasteiger partial charge in [-0.15, -0.1) is 0 Å². The Morgan fingerprint density at radius 2 is 1.80 bits per heavy atom. The van der Waals surface area contributed by atoms with E-state index in [1.165, 1.54) is 18.3 Å². The SMILES string of the molecule is NC(=O)c1ncccc1C[C@H](O)[C@@H](O)[C@H](O)[C@H](O)CO. The van der Waals surface area contributed by atoms with Crippen molar-refractivity contribution < 1.29 is 30.3 Å². The molecular weight excluding hydrogens is 268 g/mol. The molecule has 1 rings (SSSR count). The number of aliphatic hydroxyl groups excluding tert-OH is 5. The van der Waals surface area contributed by atoms with Crippen molar-refractivity contribution in [2.45, 2.75) is 30.8 Å². The van der Waals surface area contributed by atoms with Crippen LogP contribution in [0, 0.1) is 0 Å². The van der Waals surface area contributed by atoms with E-state index in [2.05, 4.69) is 4.98 Å². The van der Waals surface area contributed by atoms with E-state index in [1.54, 1.807) is 0 Å². The first-order valence-electron chi connectivity index (χ1n) is 5.95. The van der Waals surface area contributed by atoms with Crippen LogP contribution < -0.4 is 5.73 Å². The minimum absolute atomic E-state index is 0.0454. The number of carbonyl (C=O) groups is 1. The van der Waals surface area contributed by atoms with Crippen LogP contribution in [0.2, 0.25) is 0 Å². The summed E-state index contributed by atoms with van der Waals surface area (Å²) in [5.74, 6) is -0.779. The molecule has 1 aromatic heterocycles. The van der Waals surface area contributed by atoms with Crippen LogP contribution in [-0.2, 0) is 6.42 Å². The van der Waals surface area contributed by atoms with E-state index in [-0.39, 0.29) is 12.1 Å². The molecule has 20 heavy (non-hydrogen) atoms. The average Bonchev–Trinajstić information content (AvgIpc) is 2.45. The first-order chi connectivity index (χ1) is 9.38. The van der Waals surface area contributed by atoms with Gasteiger partial charge in [-0.25, -0.2) is 0 Å². The number of aliphatic hydroxyl groups is 5. The van der Waals surface area contributed by atoms with Crippen molar-refractivity contribution in [1.29, 1.82) is 0 Å². The van der Waals surface area contributed by atoms with Crippen LogP contribution >= 0.6 is 0 Å². The molecule has 8 nitrogen and oxygen atoms in total. The Hall–Kier alpha value is -1.58. The van der Waals surface area contributed by atoms with E-state index in [0.717, 1.165) is 0 Å². The van der Waals surface area contributed by atoms with Gasteiger partial charge in [0.2, 0.25) is 0 Å². The molecule has 0 saturated carbocycles. The van der Waals surface area contributed by atoms with Crippen molar-refractivity contribution >= 4 is 5.91 Å². The van der Waals surface area contributed by atoms with Crippen LogP contribution in [0.5, 0.6) is 0 Å². The zero-order valence-electron chi connectivity index (χ0n) is 10.6. The van der Waals surface area contributed by atoms with Gasteiger partial charge in [-0.05, 0) is 11.6 Å². The van der Waals surface area contributed by atoms with Crippen molar-refractivity contribution in [3.63, 3.8) is 0 Å². The third-order valence-electron chi connectivity index (χ3n) is 2.88. The maximum Gasteiger partial charge on any atom is 0.267 e. The number of pyridine rings is 1. The van der Waals surface area contributed by atoms with E-state index in [1.807, 2.05) is 0 Å². The van der Waals surface area contributed by atoms with Crippen LogP contribution in [0.15, 0.2) is 18.3 Å². The first-order valence-corrected chi connectivity index (χ1v) is 5.95. The third-order valence-corrected chi connectivity index (χ3v) is 2.88.